The van der Waals surface area contributed by atoms with Crippen molar-refractivity contribution in [3.05, 3.63) is 35.7 Å². The summed E-state index contributed by atoms with van der Waals surface area (Å²) in [6.45, 7) is 0. The number of aromatic nitrogens is 1. The topological polar surface area (TPSA) is 96.5 Å². The zero-order valence-electron chi connectivity index (χ0n) is 14.3. The van der Waals surface area contributed by atoms with Crippen molar-refractivity contribution in [2.24, 2.45) is 20.7 Å². The molecule has 0 bridgehead atoms. The Morgan fingerprint density at radius 3 is 2.50 bits per heavy atom. The zero-order valence-corrected chi connectivity index (χ0v) is 16.7. The Hall–Kier alpha value is -1.65. The minimum atomic E-state index is -2.91. The van der Waals surface area contributed by atoms with E-state index in [-0.39, 0.29) is 5.75 Å². The molecule has 1 aliphatic rings. The molecule has 0 amide bonds. The molecule has 0 atom stereocenters. The number of sulfone groups is 1. The van der Waals surface area contributed by atoms with Crippen LogP contribution in [0.15, 0.2) is 60.7 Å². The summed E-state index contributed by atoms with van der Waals surface area (Å²) in [6, 6.07) is 9.99. The van der Waals surface area contributed by atoms with Crippen LogP contribution in [0.5, 0.6) is 0 Å². The van der Waals surface area contributed by atoms with Gasteiger partial charge >= 0.3 is 0 Å². The lowest BCUT2D eigenvalue weighted by molar-refractivity contribution is 0.531. The molecule has 0 spiro atoms. The van der Waals surface area contributed by atoms with Crippen molar-refractivity contribution in [2.45, 2.75) is 35.0 Å². The van der Waals surface area contributed by atoms with E-state index in [2.05, 4.69) is 25.7 Å². The monoisotopic (exact) mass is 409 g/mol. The van der Waals surface area contributed by atoms with Crippen LogP contribution in [-0.4, -0.2) is 30.4 Å². The Balaban J connectivity index is 1.59. The van der Waals surface area contributed by atoms with E-state index < -0.39 is 14.8 Å². The molecule has 0 unspecified atom stereocenters. The van der Waals surface area contributed by atoms with E-state index in [1.54, 1.807) is 11.3 Å². The number of thioether (sulfide) groups is 1. The second-order valence-electron chi connectivity index (χ2n) is 6.03. The van der Waals surface area contributed by atoms with E-state index in [0.29, 0.717) is 12.8 Å². The maximum absolute atomic E-state index is 11.2. The molecular formula is C16H19N5O2S3. The van der Waals surface area contributed by atoms with Crippen molar-refractivity contribution in [1.29, 1.82) is 0 Å². The minimum absolute atomic E-state index is 0.211. The van der Waals surface area contributed by atoms with Crippen molar-refractivity contribution < 1.29 is 8.42 Å². The SMILES string of the molecule is CS(=O)(=O)CCCCCC1(Sc2nc(-c3ccccc3)cs2)N=NN=N1. The van der Waals surface area contributed by atoms with Gasteiger partial charge in [0.05, 0.1) is 5.69 Å². The molecule has 2 aromatic rings. The number of hydrogen-bond acceptors (Lipinski definition) is 9. The molecule has 3 rings (SSSR count). The van der Waals surface area contributed by atoms with Crippen LogP contribution in [0.4, 0.5) is 0 Å². The summed E-state index contributed by atoms with van der Waals surface area (Å²) in [4.78, 5) is 3.88. The smallest absolute Gasteiger partial charge is 0.230 e. The van der Waals surface area contributed by atoms with Gasteiger partial charge in [0.15, 0.2) is 4.34 Å². The summed E-state index contributed by atoms with van der Waals surface area (Å²) in [5.74, 6) is 0.211. The lowest BCUT2D eigenvalue weighted by atomic mass is 10.2. The molecule has 0 fully saturated rings. The highest BCUT2D eigenvalue weighted by Gasteiger charge is 2.35. The first-order chi connectivity index (χ1) is 12.5. The number of hydrogen-bond donors (Lipinski definition) is 0. The largest absolute Gasteiger partial charge is 0.247 e. The standard InChI is InChI=1S/C16H19N5O2S3/c1-26(22,23)11-7-3-6-10-16(18-20-21-19-16)25-15-17-14(12-24-15)13-8-4-2-5-9-13/h2,4-5,8-9,12H,3,6-7,10-11H2,1H3. The van der Waals surface area contributed by atoms with E-state index in [4.69, 9.17) is 0 Å². The van der Waals surface area contributed by atoms with Gasteiger partial charge in [-0.1, -0.05) is 36.8 Å². The van der Waals surface area contributed by atoms with Crippen LogP contribution in [0.25, 0.3) is 11.3 Å². The van der Waals surface area contributed by atoms with Crippen LogP contribution < -0.4 is 0 Å². The van der Waals surface area contributed by atoms with Crippen molar-refractivity contribution in [3.63, 3.8) is 0 Å². The summed E-state index contributed by atoms with van der Waals surface area (Å²) < 4.78 is 23.3. The molecule has 26 heavy (non-hydrogen) atoms. The van der Waals surface area contributed by atoms with E-state index in [1.165, 1.54) is 18.0 Å². The molecule has 2 heterocycles. The highest BCUT2D eigenvalue weighted by Crippen LogP contribution is 2.44. The Bertz CT molecular complexity index is 882. The highest BCUT2D eigenvalue weighted by atomic mass is 32.2. The van der Waals surface area contributed by atoms with Crippen molar-refractivity contribution in [1.82, 2.24) is 4.98 Å². The van der Waals surface area contributed by atoms with Gasteiger partial charge in [-0.25, -0.2) is 13.4 Å². The van der Waals surface area contributed by atoms with Gasteiger partial charge in [0.25, 0.3) is 0 Å². The van der Waals surface area contributed by atoms with E-state index in [9.17, 15) is 8.42 Å². The van der Waals surface area contributed by atoms with Crippen LogP contribution in [0.1, 0.15) is 25.7 Å². The predicted molar refractivity (Wildman–Crippen MR) is 104 cm³/mol. The Labute approximate surface area is 161 Å². The highest BCUT2D eigenvalue weighted by molar-refractivity contribution is 8.02. The van der Waals surface area contributed by atoms with Gasteiger partial charge in [0.2, 0.25) is 4.99 Å². The average Bonchev–Trinajstić information content (AvgIpc) is 3.25. The predicted octanol–water partition coefficient (Wildman–Crippen LogP) is 4.99. The van der Waals surface area contributed by atoms with Gasteiger partial charge in [0.1, 0.15) is 9.84 Å². The van der Waals surface area contributed by atoms with E-state index >= 15 is 0 Å². The van der Waals surface area contributed by atoms with E-state index in [1.807, 2.05) is 35.7 Å². The lowest BCUT2D eigenvalue weighted by Gasteiger charge is -2.17. The Morgan fingerprint density at radius 1 is 1.08 bits per heavy atom. The summed E-state index contributed by atoms with van der Waals surface area (Å²) in [5.41, 5.74) is 1.99. The first-order valence-corrected chi connectivity index (χ1v) is 11.9. The fourth-order valence-electron chi connectivity index (χ4n) is 2.47. The third kappa shape index (κ3) is 5.42. The quantitative estimate of drug-likeness (QED) is 0.545. The molecule has 0 aliphatic carbocycles. The van der Waals surface area contributed by atoms with Crippen LogP contribution in [0, 0.1) is 0 Å². The van der Waals surface area contributed by atoms with E-state index in [0.717, 1.165) is 28.4 Å². The summed E-state index contributed by atoms with van der Waals surface area (Å²) in [5, 5.41) is 17.8. The molecule has 0 saturated heterocycles. The summed E-state index contributed by atoms with van der Waals surface area (Å²) >= 11 is 2.99. The van der Waals surface area contributed by atoms with Gasteiger partial charge in [-0.15, -0.1) is 21.6 Å². The molecule has 0 N–H and O–H groups in total. The second-order valence-corrected chi connectivity index (χ2v) is 10.7. The normalized spacial score (nSPS) is 15.6. The molecule has 1 aliphatic heterocycles. The number of nitrogens with zero attached hydrogens (tertiary/aromatic N) is 5. The molecule has 1 aromatic carbocycles. The molecule has 10 heteroatoms. The third-order valence-corrected chi connectivity index (χ3v) is 6.93. The van der Waals surface area contributed by atoms with Crippen LogP contribution in [0.3, 0.4) is 0 Å². The van der Waals surface area contributed by atoms with Crippen LogP contribution in [-0.2, 0) is 9.84 Å². The minimum Gasteiger partial charge on any atom is -0.230 e. The summed E-state index contributed by atoms with van der Waals surface area (Å²) in [7, 11) is -2.91. The third-order valence-electron chi connectivity index (χ3n) is 3.76. The number of rotatable bonds is 9. The number of thiazole rings is 1. The summed E-state index contributed by atoms with van der Waals surface area (Å²) in [6.07, 6.45) is 4.15. The van der Waals surface area contributed by atoms with Crippen LogP contribution >= 0.6 is 23.1 Å². The fraction of sp³-hybridized carbons (Fsp3) is 0.438. The first kappa shape index (κ1) is 19.1. The fourth-order valence-corrected chi connectivity index (χ4v) is 5.32. The first-order valence-electron chi connectivity index (χ1n) is 8.18. The van der Waals surface area contributed by atoms with Gasteiger partial charge in [-0.05, 0) is 35.1 Å². The van der Waals surface area contributed by atoms with Gasteiger partial charge in [-0.3, -0.25) is 0 Å². The van der Waals surface area contributed by atoms with Crippen molar-refractivity contribution in [3.8, 4) is 11.3 Å². The van der Waals surface area contributed by atoms with Gasteiger partial charge in [-0.2, -0.15) is 0 Å². The molecule has 138 valence electrons. The number of unbranched alkanes of at least 4 members (excludes halogenated alkanes) is 2. The molecule has 0 saturated carbocycles. The number of benzene rings is 1. The van der Waals surface area contributed by atoms with Crippen LogP contribution in [0.2, 0.25) is 0 Å². The molecule has 7 nitrogen and oxygen atoms in total. The molecule has 0 radical (unpaired) electrons. The van der Waals surface area contributed by atoms with Gasteiger partial charge in [0, 0.05) is 29.4 Å². The average molecular weight is 410 g/mol. The second kappa shape index (κ2) is 8.36. The Kier molecular flexibility index (Phi) is 6.15. The molecule has 1 aromatic heterocycles. The molecular weight excluding hydrogens is 390 g/mol. The Morgan fingerprint density at radius 2 is 1.81 bits per heavy atom. The zero-order chi connectivity index (χ0) is 18.5. The lowest BCUT2D eigenvalue weighted by Crippen LogP contribution is -2.16. The maximum atomic E-state index is 11.2. The maximum Gasteiger partial charge on any atom is 0.247 e. The van der Waals surface area contributed by atoms with Gasteiger partial charge < -0.3 is 0 Å². The van der Waals surface area contributed by atoms with Crippen molar-refractivity contribution >= 4 is 32.9 Å². The van der Waals surface area contributed by atoms with Crippen molar-refractivity contribution in [2.75, 3.05) is 12.0 Å².